The second kappa shape index (κ2) is 9.92. The molecule has 3 aliphatic rings. The van der Waals surface area contributed by atoms with Crippen molar-refractivity contribution in [3.8, 4) is 0 Å². The summed E-state index contributed by atoms with van der Waals surface area (Å²) in [6.07, 6.45) is 3.90. The first-order chi connectivity index (χ1) is 19.9. The van der Waals surface area contributed by atoms with Crippen LogP contribution in [0.25, 0.3) is 22.1 Å². The van der Waals surface area contributed by atoms with Gasteiger partial charge in [0.25, 0.3) is 0 Å². The average Bonchev–Trinajstić information content (AvgIpc) is 3.64. The first kappa shape index (κ1) is 27.6. The second-order valence-electron chi connectivity index (χ2n) is 12.7. The van der Waals surface area contributed by atoms with E-state index in [0.29, 0.717) is 34.7 Å². The molecule has 3 aromatic heterocycles. The summed E-state index contributed by atoms with van der Waals surface area (Å²) < 4.78 is 54.2. The minimum atomic E-state index is -4.36. The van der Waals surface area contributed by atoms with Crippen LogP contribution in [0.2, 0.25) is 0 Å². The number of imidazole rings is 1. The van der Waals surface area contributed by atoms with Crippen LogP contribution in [-0.4, -0.2) is 67.0 Å². The zero-order valence-electron chi connectivity index (χ0n) is 23.9. The zero-order valence-corrected chi connectivity index (χ0v) is 23.9. The number of hydrogen-bond donors (Lipinski definition) is 2. The SMILES string of the molecule is CN(C[C@H]1C[C@@H](n2ccc3c(N)ncnc32)[C@@H]2OC(C)(C)O[C@H]12)C1CC(CCc2nc3ccc(C(F)(F)F)cc3[nH]2)C1. The van der Waals surface area contributed by atoms with Crippen molar-refractivity contribution in [3.63, 3.8) is 0 Å². The first-order valence-electron chi connectivity index (χ1n) is 14.6. The van der Waals surface area contributed by atoms with Crippen molar-refractivity contribution in [1.29, 1.82) is 0 Å². The monoisotopic (exact) mass is 583 g/mol. The van der Waals surface area contributed by atoms with E-state index in [1.54, 1.807) is 0 Å². The summed E-state index contributed by atoms with van der Waals surface area (Å²) in [7, 11) is 2.20. The van der Waals surface area contributed by atoms with Crippen LogP contribution in [-0.2, 0) is 22.1 Å². The number of fused-ring (bicyclic) bond motifs is 3. The minimum Gasteiger partial charge on any atom is -0.383 e. The van der Waals surface area contributed by atoms with Gasteiger partial charge in [-0.3, -0.25) is 0 Å². The smallest absolute Gasteiger partial charge is 0.383 e. The number of anilines is 1. The Morgan fingerprint density at radius 3 is 2.69 bits per heavy atom. The Hall–Kier alpha value is -3.22. The third-order valence-electron chi connectivity index (χ3n) is 9.45. The van der Waals surface area contributed by atoms with Gasteiger partial charge in [0.15, 0.2) is 5.79 Å². The molecule has 1 aromatic carbocycles. The molecule has 7 rings (SSSR count). The molecule has 0 bridgehead atoms. The Kier molecular flexibility index (Phi) is 6.52. The number of hydrogen-bond acceptors (Lipinski definition) is 7. The van der Waals surface area contributed by atoms with E-state index in [2.05, 4.69) is 36.5 Å². The molecule has 2 aliphatic carbocycles. The molecule has 224 valence electrons. The maximum absolute atomic E-state index is 13.0. The number of nitrogens with zero attached hydrogens (tertiary/aromatic N) is 5. The van der Waals surface area contributed by atoms with Crippen molar-refractivity contribution in [3.05, 3.63) is 48.2 Å². The molecule has 4 atom stereocenters. The standard InChI is InChI=1S/C30H36F3N7O2/c1-29(2)41-25-17(12-23(26(25)42-29)40-9-8-20-27(34)35-15-36-28(20)40)14-39(3)19-10-16(11-19)4-7-24-37-21-6-5-18(30(31,32)33)13-22(21)38-24/h5-6,8-9,13,15-17,19,23,25-26H,4,7,10-12,14H2,1-3H3,(H,37,38)(H2,34,35,36)/t16?,17-,19?,23-,25-,26+/m1/s1. The van der Waals surface area contributed by atoms with Crippen LogP contribution >= 0.6 is 0 Å². The molecule has 0 amide bonds. The Bertz CT molecular complexity index is 1610. The third-order valence-corrected chi connectivity index (χ3v) is 9.45. The molecule has 4 aromatic rings. The predicted molar refractivity (Wildman–Crippen MR) is 151 cm³/mol. The fourth-order valence-corrected chi connectivity index (χ4v) is 7.28. The highest BCUT2D eigenvalue weighted by Crippen LogP contribution is 2.48. The molecule has 3 N–H and O–H groups in total. The normalized spacial score (nSPS) is 29.0. The Morgan fingerprint density at radius 1 is 1.12 bits per heavy atom. The number of aromatic nitrogens is 5. The third kappa shape index (κ3) is 4.92. The maximum Gasteiger partial charge on any atom is 0.416 e. The topological polar surface area (TPSA) is 107 Å². The van der Waals surface area contributed by atoms with Gasteiger partial charge in [0.2, 0.25) is 0 Å². The minimum absolute atomic E-state index is 0.00842. The van der Waals surface area contributed by atoms with Crippen molar-refractivity contribution in [2.45, 2.75) is 82.2 Å². The highest BCUT2D eigenvalue weighted by molar-refractivity contribution is 5.86. The molecule has 2 saturated carbocycles. The Labute approximate surface area is 241 Å². The number of nitrogens with one attached hydrogen (secondary N) is 1. The molecule has 4 heterocycles. The molecular formula is C30H36F3N7O2. The van der Waals surface area contributed by atoms with E-state index < -0.39 is 17.5 Å². The first-order valence-corrected chi connectivity index (χ1v) is 14.6. The molecule has 1 saturated heterocycles. The maximum atomic E-state index is 13.0. The van der Waals surface area contributed by atoms with Crippen molar-refractivity contribution in [2.75, 3.05) is 19.3 Å². The summed E-state index contributed by atoms with van der Waals surface area (Å²) in [5.74, 6) is 1.45. The van der Waals surface area contributed by atoms with Gasteiger partial charge in [-0.25, -0.2) is 15.0 Å². The van der Waals surface area contributed by atoms with Gasteiger partial charge in [-0.1, -0.05) is 0 Å². The van der Waals surface area contributed by atoms with E-state index in [1.807, 2.05) is 26.1 Å². The number of H-pyrrole nitrogens is 1. The molecule has 9 nitrogen and oxygen atoms in total. The lowest BCUT2D eigenvalue weighted by atomic mass is 9.76. The fourth-order valence-electron chi connectivity index (χ4n) is 7.28. The number of aromatic amines is 1. The molecule has 42 heavy (non-hydrogen) atoms. The second-order valence-corrected chi connectivity index (χ2v) is 12.7. The zero-order chi connectivity index (χ0) is 29.4. The number of benzene rings is 1. The van der Waals surface area contributed by atoms with Crippen LogP contribution in [0.4, 0.5) is 19.0 Å². The molecule has 0 radical (unpaired) electrons. The van der Waals surface area contributed by atoms with Gasteiger partial charge in [-0.15, -0.1) is 0 Å². The Balaban J connectivity index is 0.966. The molecule has 12 heteroatoms. The average molecular weight is 584 g/mol. The molecule has 3 fully saturated rings. The lowest BCUT2D eigenvalue weighted by Crippen LogP contribution is -2.46. The van der Waals surface area contributed by atoms with Crippen molar-refractivity contribution >= 4 is 27.9 Å². The summed E-state index contributed by atoms with van der Waals surface area (Å²) in [5, 5.41) is 0.849. The van der Waals surface area contributed by atoms with E-state index in [1.165, 1.54) is 12.4 Å². The number of halogens is 3. The quantitative estimate of drug-likeness (QED) is 0.303. The van der Waals surface area contributed by atoms with Crippen molar-refractivity contribution < 1.29 is 22.6 Å². The van der Waals surface area contributed by atoms with E-state index in [-0.39, 0.29) is 18.2 Å². The van der Waals surface area contributed by atoms with Gasteiger partial charge in [-0.2, -0.15) is 13.2 Å². The summed E-state index contributed by atoms with van der Waals surface area (Å²) >= 11 is 0. The van der Waals surface area contributed by atoms with Crippen LogP contribution in [0.3, 0.4) is 0 Å². The highest BCUT2D eigenvalue weighted by atomic mass is 19.4. The van der Waals surface area contributed by atoms with Gasteiger partial charge in [-0.05, 0) is 76.8 Å². The predicted octanol–water partition coefficient (Wildman–Crippen LogP) is 5.33. The number of nitrogen functional groups attached to an aromatic ring is 1. The molecule has 0 unspecified atom stereocenters. The van der Waals surface area contributed by atoms with E-state index in [0.717, 1.165) is 67.6 Å². The van der Waals surface area contributed by atoms with Gasteiger partial charge in [0.05, 0.1) is 34.1 Å². The van der Waals surface area contributed by atoms with E-state index >= 15 is 0 Å². The summed E-state index contributed by atoms with van der Waals surface area (Å²) in [6.45, 7) is 4.87. The lowest BCUT2D eigenvalue weighted by molar-refractivity contribution is -0.161. The van der Waals surface area contributed by atoms with Crippen LogP contribution in [0.1, 0.15) is 57.0 Å². The van der Waals surface area contributed by atoms with Crippen LogP contribution in [0.5, 0.6) is 0 Å². The number of ether oxygens (including phenoxy) is 2. The highest BCUT2D eigenvalue weighted by Gasteiger charge is 2.55. The van der Waals surface area contributed by atoms with Gasteiger partial charge in [0, 0.05) is 31.1 Å². The van der Waals surface area contributed by atoms with E-state index in [4.69, 9.17) is 15.2 Å². The van der Waals surface area contributed by atoms with Crippen LogP contribution in [0, 0.1) is 11.8 Å². The summed E-state index contributed by atoms with van der Waals surface area (Å²) in [6, 6.07) is 6.22. The lowest BCUT2D eigenvalue weighted by Gasteiger charge is -2.42. The van der Waals surface area contributed by atoms with Gasteiger partial charge < -0.3 is 29.7 Å². The summed E-state index contributed by atoms with van der Waals surface area (Å²) in [5.41, 5.74) is 7.27. The number of aryl methyl sites for hydroxylation is 1. The number of nitrogens with two attached hydrogens (primary N) is 1. The largest absolute Gasteiger partial charge is 0.416 e. The fraction of sp³-hybridized carbons (Fsp3) is 0.567. The van der Waals surface area contributed by atoms with Crippen molar-refractivity contribution in [2.24, 2.45) is 11.8 Å². The molecule has 1 aliphatic heterocycles. The van der Waals surface area contributed by atoms with Gasteiger partial charge in [0.1, 0.15) is 29.7 Å². The summed E-state index contributed by atoms with van der Waals surface area (Å²) in [4.78, 5) is 18.7. The van der Waals surface area contributed by atoms with Crippen molar-refractivity contribution in [1.82, 2.24) is 29.4 Å². The number of rotatable bonds is 7. The van der Waals surface area contributed by atoms with Gasteiger partial charge >= 0.3 is 6.18 Å². The molecule has 0 spiro atoms. The van der Waals surface area contributed by atoms with Crippen LogP contribution in [0.15, 0.2) is 36.8 Å². The Morgan fingerprint density at radius 2 is 1.90 bits per heavy atom. The molecular weight excluding hydrogens is 547 g/mol. The van der Waals surface area contributed by atoms with Crippen LogP contribution < -0.4 is 5.73 Å². The number of alkyl halides is 3. The van der Waals surface area contributed by atoms with E-state index in [9.17, 15) is 13.2 Å².